The Bertz CT molecular complexity index is 1040. The van der Waals surface area contributed by atoms with E-state index in [0.29, 0.717) is 5.56 Å². The summed E-state index contributed by atoms with van der Waals surface area (Å²) in [6, 6.07) is 18.2. The molecule has 0 amide bonds. The van der Waals surface area contributed by atoms with Crippen LogP contribution in [-0.2, 0) is 0 Å². The molecule has 0 N–H and O–H groups in total. The molecule has 3 rings (SSSR count). The molecule has 146 valence electrons. The number of carbonyl (C=O) groups is 1. The van der Waals surface area contributed by atoms with Gasteiger partial charge in [-0.1, -0.05) is 24.3 Å². The third-order valence-corrected chi connectivity index (χ3v) is 3.78. The van der Waals surface area contributed by atoms with E-state index >= 15 is 0 Å². The number of carbonyl (C=O) groups excluding carboxylic acids is 1. The Labute approximate surface area is 164 Å². The number of hydrogen-bond donors (Lipinski definition) is 0. The molecule has 0 fully saturated rings. The van der Waals surface area contributed by atoms with Gasteiger partial charge in [0.05, 0.1) is 11.6 Å². The fourth-order valence-electron chi connectivity index (χ4n) is 2.43. The molecule has 0 aliphatic carbocycles. The van der Waals surface area contributed by atoms with E-state index < -0.39 is 24.6 Å². The summed E-state index contributed by atoms with van der Waals surface area (Å²) in [5.41, 5.74) is 2.04. The van der Waals surface area contributed by atoms with Gasteiger partial charge >= 0.3 is 12.1 Å². The standard InChI is InChI=1S/C21H13F3N2O3/c22-21(23,24)13-28-19-18(2-1-11-26-19)20(27)29-17-9-7-16(8-10-17)15-5-3-14(12-25)4-6-15/h1-11H,13H2. The van der Waals surface area contributed by atoms with Crippen LogP contribution in [0, 0.1) is 11.3 Å². The number of halogens is 3. The maximum Gasteiger partial charge on any atom is 0.422 e. The number of benzene rings is 2. The van der Waals surface area contributed by atoms with Crippen LogP contribution in [0.25, 0.3) is 11.1 Å². The molecule has 0 saturated carbocycles. The van der Waals surface area contributed by atoms with Crippen molar-refractivity contribution in [1.29, 1.82) is 5.26 Å². The number of nitriles is 1. The Morgan fingerprint density at radius 1 is 1.00 bits per heavy atom. The Balaban J connectivity index is 1.72. The van der Waals surface area contributed by atoms with E-state index in [9.17, 15) is 18.0 Å². The number of aromatic nitrogens is 1. The lowest BCUT2D eigenvalue weighted by atomic mass is 10.0. The van der Waals surface area contributed by atoms with Gasteiger partial charge in [-0.15, -0.1) is 0 Å². The van der Waals surface area contributed by atoms with Gasteiger partial charge in [0.15, 0.2) is 6.61 Å². The molecule has 29 heavy (non-hydrogen) atoms. The van der Waals surface area contributed by atoms with Crippen molar-refractivity contribution in [2.75, 3.05) is 6.61 Å². The minimum absolute atomic E-state index is 0.206. The van der Waals surface area contributed by atoms with Crippen molar-refractivity contribution in [3.63, 3.8) is 0 Å². The molecule has 0 aliphatic rings. The molecular formula is C21H13F3N2O3. The number of esters is 1. The van der Waals surface area contributed by atoms with Crippen molar-refractivity contribution in [1.82, 2.24) is 4.98 Å². The Morgan fingerprint density at radius 3 is 2.21 bits per heavy atom. The van der Waals surface area contributed by atoms with Crippen molar-refractivity contribution in [3.05, 3.63) is 78.0 Å². The molecule has 8 heteroatoms. The van der Waals surface area contributed by atoms with E-state index in [1.165, 1.54) is 18.3 Å². The number of ether oxygens (including phenoxy) is 2. The van der Waals surface area contributed by atoms with E-state index in [2.05, 4.69) is 9.72 Å². The first-order valence-corrected chi connectivity index (χ1v) is 8.33. The molecule has 0 unspecified atom stereocenters. The first-order valence-electron chi connectivity index (χ1n) is 8.33. The lowest BCUT2D eigenvalue weighted by Crippen LogP contribution is -2.21. The largest absolute Gasteiger partial charge is 0.467 e. The molecule has 0 atom stereocenters. The molecule has 0 radical (unpaired) electrons. The highest BCUT2D eigenvalue weighted by atomic mass is 19.4. The van der Waals surface area contributed by atoms with Gasteiger partial charge in [0.2, 0.25) is 5.88 Å². The van der Waals surface area contributed by atoms with Crippen molar-refractivity contribution < 1.29 is 27.4 Å². The van der Waals surface area contributed by atoms with E-state index in [4.69, 9.17) is 10.00 Å². The van der Waals surface area contributed by atoms with Crippen molar-refractivity contribution in [2.45, 2.75) is 6.18 Å². The second kappa shape index (κ2) is 8.44. The molecule has 5 nitrogen and oxygen atoms in total. The van der Waals surface area contributed by atoms with Crippen LogP contribution in [-0.4, -0.2) is 23.7 Å². The minimum Gasteiger partial charge on any atom is -0.467 e. The molecule has 0 spiro atoms. The van der Waals surface area contributed by atoms with Gasteiger partial charge in [0, 0.05) is 6.20 Å². The van der Waals surface area contributed by atoms with Crippen LogP contribution < -0.4 is 9.47 Å². The lowest BCUT2D eigenvalue weighted by Gasteiger charge is -2.11. The lowest BCUT2D eigenvalue weighted by molar-refractivity contribution is -0.154. The summed E-state index contributed by atoms with van der Waals surface area (Å²) in [5, 5.41) is 8.84. The minimum atomic E-state index is -4.56. The zero-order chi connectivity index (χ0) is 20.9. The highest BCUT2D eigenvalue weighted by Crippen LogP contribution is 2.25. The average molecular weight is 398 g/mol. The predicted octanol–water partition coefficient (Wildman–Crippen LogP) is 4.78. The highest BCUT2D eigenvalue weighted by Gasteiger charge is 2.30. The third kappa shape index (κ3) is 5.32. The fraction of sp³-hybridized carbons (Fsp3) is 0.0952. The monoisotopic (exact) mass is 398 g/mol. The van der Waals surface area contributed by atoms with E-state index in [0.717, 1.165) is 11.1 Å². The number of hydrogen-bond acceptors (Lipinski definition) is 5. The normalized spacial score (nSPS) is 10.8. The predicted molar refractivity (Wildman–Crippen MR) is 97.3 cm³/mol. The Kier molecular flexibility index (Phi) is 5.79. The molecule has 3 aromatic rings. The zero-order valence-corrected chi connectivity index (χ0v) is 14.8. The molecule has 0 aliphatic heterocycles. The van der Waals surface area contributed by atoms with Crippen LogP contribution in [0.15, 0.2) is 66.9 Å². The molecule has 1 heterocycles. The summed E-state index contributed by atoms with van der Waals surface area (Å²) >= 11 is 0. The third-order valence-electron chi connectivity index (χ3n) is 3.78. The summed E-state index contributed by atoms with van der Waals surface area (Å²) in [4.78, 5) is 16.0. The first kappa shape index (κ1) is 19.9. The summed E-state index contributed by atoms with van der Waals surface area (Å²) in [7, 11) is 0. The van der Waals surface area contributed by atoms with Gasteiger partial charge in [-0.25, -0.2) is 9.78 Å². The van der Waals surface area contributed by atoms with E-state index in [1.807, 2.05) is 6.07 Å². The molecule has 2 aromatic carbocycles. The maximum atomic E-state index is 12.4. The van der Waals surface area contributed by atoms with Crippen LogP contribution in [0.4, 0.5) is 13.2 Å². The van der Waals surface area contributed by atoms with Crippen LogP contribution in [0.2, 0.25) is 0 Å². The maximum absolute atomic E-state index is 12.4. The number of rotatable bonds is 5. The van der Waals surface area contributed by atoms with Crippen LogP contribution in [0.5, 0.6) is 11.6 Å². The molecular weight excluding hydrogens is 385 g/mol. The van der Waals surface area contributed by atoms with Crippen molar-refractivity contribution in [3.8, 4) is 28.8 Å². The number of nitrogens with zero attached hydrogens (tertiary/aromatic N) is 2. The summed E-state index contributed by atoms with van der Waals surface area (Å²) in [6.45, 7) is -1.57. The van der Waals surface area contributed by atoms with Gasteiger partial charge in [-0.3, -0.25) is 0 Å². The molecule has 0 bridgehead atoms. The Morgan fingerprint density at radius 2 is 1.62 bits per heavy atom. The molecule has 0 saturated heterocycles. The van der Waals surface area contributed by atoms with Gasteiger partial charge in [-0.2, -0.15) is 18.4 Å². The second-order valence-corrected chi connectivity index (χ2v) is 5.86. The van der Waals surface area contributed by atoms with Gasteiger partial charge < -0.3 is 9.47 Å². The van der Waals surface area contributed by atoms with Crippen molar-refractivity contribution in [2.24, 2.45) is 0 Å². The molecule has 1 aromatic heterocycles. The van der Waals surface area contributed by atoms with E-state index in [-0.39, 0.29) is 11.3 Å². The van der Waals surface area contributed by atoms with Crippen LogP contribution in [0.3, 0.4) is 0 Å². The summed E-state index contributed by atoms with van der Waals surface area (Å²) < 4.78 is 46.9. The van der Waals surface area contributed by atoms with Gasteiger partial charge in [-0.05, 0) is 47.5 Å². The van der Waals surface area contributed by atoms with Crippen LogP contribution >= 0.6 is 0 Å². The van der Waals surface area contributed by atoms with Crippen molar-refractivity contribution >= 4 is 5.97 Å². The first-order chi connectivity index (χ1) is 13.9. The SMILES string of the molecule is N#Cc1ccc(-c2ccc(OC(=O)c3cccnc3OCC(F)(F)F)cc2)cc1. The van der Waals surface area contributed by atoms with Crippen LogP contribution in [0.1, 0.15) is 15.9 Å². The second-order valence-electron chi connectivity index (χ2n) is 5.86. The Hall–Kier alpha value is -3.86. The number of alkyl halides is 3. The summed E-state index contributed by atoms with van der Waals surface area (Å²) in [5.74, 6) is -1.14. The smallest absolute Gasteiger partial charge is 0.422 e. The topological polar surface area (TPSA) is 72.2 Å². The number of pyridine rings is 1. The van der Waals surface area contributed by atoms with E-state index in [1.54, 1.807) is 48.5 Å². The fourth-order valence-corrected chi connectivity index (χ4v) is 2.43. The quantitative estimate of drug-likeness (QED) is 0.457. The summed E-state index contributed by atoms with van der Waals surface area (Å²) in [6.07, 6.45) is -3.34. The average Bonchev–Trinajstić information content (AvgIpc) is 2.72. The zero-order valence-electron chi connectivity index (χ0n) is 14.8. The van der Waals surface area contributed by atoms with Gasteiger partial charge in [0.25, 0.3) is 0 Å². The highest BCUT2D eigenvalue weighted by molar-refractivity contribution is 5.93. The van der Waals surface area contributed by atoms with Gasteiger partial charge in [0.1, 0.15) is 11.3 Å².